The van der Waals surface area contributed by atoms with Crippen molar-refractivity contribution < 1.29 is 9.90 Å². The van der Waals surface area contributed by atoms with Gasteiger partial charge < -0.3 is 15.7 Å². The van der Waals surface area contributed by atoms with Crippen LogP contribution in [0.3, 0.4) is 0 Å². The smallest absolute Gasteiger partial charge is 0.249 e. The van der Waals surface area contributed by atoms with Crippen molar-refractivity contribution in [1.82, 2.24) is 15.6 Å². The highest BCUT2D eigenvalue weighted by Gasteiger charge is 2.18. The first kappa shape index (κ1) is 16.3. The van der Waals surface area contributed by atoms with Gasteiger partial charge in [-0.25, -0.2) is 0 Å². The summed E-state index contributed by atoms with van der Waals surface area (Å²) in [6.45, 7) is 4.19. The van der Waals surface area contributed by atoms with Crippen molar-refractivity contribution in [3.05, 3.63) is 28.6 Å². The third-order valence-corrected chi connectivity index (χ3v) is 4.45. The molecule has 0 saturated heterocycles. The Bertz CT molecular complexity index is 508. The quantitative estimate of drug-likeness (QED) is 0.724. The van der Waals surface area contributed by atoms with Crippen molar-refractivity contribution in [3.8, 4) is 0 Å². The molecule has 1 atom stereocenters. The van der Waals surface area contributed by atoms with Gasteiger partial charge in [-0.05, 0) is 55.0 Å². The number of nitrogens with one attached hydrogen (secondary N) is 2. The predicted octanol–water partition coefficient (Wildman–Crippen LogP) is 0.766. The largest absolute Gasteiger partial charge is 0.383 e. The molecule has 116 valence electrons. The molecule has 21 heavy (non-hydrogen) atoms. The van der Waals surface area contributed by atoms with Gasteiger partial charge in [-0.2, -0.15) is 11.8 Å². The minimum absolute atomic E-state index is 0.296. The fourth-order valence-electron chi connectivity index (χ4n) is 2.53. The van der Waals surface area contributed by atoms with Gasteiger partial charge in [0.1, 0.15) is 6.10 Å². The first-order chi connectivity index (χ1) is 10.1. The van der Waals surface area contributed by atoms with Gasteiger partial charge in [-0.1, -0.05) is 0 Å². The molecule has 0 fully saturated rings. The van der Waals surface area contributed by atoms with Crippen LogP contribution in [0, 0.1) is 6.92 Å². The number of thioether (sulfide) groups is 1. The van der Waals surface area contributed by atoms with Crippen LogP contribution in [0.5, 0.6) is 0 Å². The lowest BCUT2D eigenvalue weighted by molar-refractivity contribution is -0.129. The maximum absolute atomic E-state index is 11.9. The second-order valence-electron chi connectivity index (χ2n) is 5.27. The van der Waals surface area contributed by atoms with E-state index in [1.54, 1.807) is 11.8 Å². The molecule has 3 N–H and O–H groups in total. The number of fused-ring (bicyclic) bond motifs is 1. The van der Waals surface area contributed by atoms with Gasteiger partial charge in [0, 0.05) is 25.0 Å². The molecule has 5 nitrogen and oxygen atoms in total. The lowest BCUT2D eigenvalue weighted by Crippen LogP contribution is -2.35. The monoisotopic (exact) mass is 309 g/mol. The van der Waals surface area contributed by atoms with Gasteiger partial charge in [-0.3, -0.25) is 9.78 Å². The van der Waals surface area contributed by atoms with Crippen molar-refractivity contribution >= 4 is 17.7 Å². The van der Waals surface area contributed by atoms with Gasteiger partial charge in [0.15, 0.2) is 0 Å². The van der Waals surface area contributed by atoms with E-state index in [0.29, 0.717) is 13.0 Å². The zero-order valence-electron chi connectivity index (χ0n) is 12.6. The van der Waals surface area contributed by atoms with Crippen molar-refractivity contribution in [2.75, 3.05) is 18.6 Å². The van der Waals surface area contributed by atoms with E-state index >= 15 is 0 Å². The first-order valence-electron chi connectivity index (χ1n) is 7.25. The lowest BCUT2D eigenvalue weighted by Gasteiger charge is -2.22. The van der Waals surface area contributed by atoms with Crippen LogP contribution >= 0.6 is 11.8 Å². The number of aromatic nitrogens is 1. The molecule has 2 heterocycles. The Labute approximate surface area is 129 Å². The summed E-state index contributed by atoms with van der Waals surface area (Å²) in [6, 6.07) is 0. The molecule has 1 aromatic rings. The molecule has 2 rings (SSSR count). The van der Waals surface area contributed by atoms with E-state index in [2.05, 4.69) is 15.6 Å². The normalized spacial score (nSPS) is 15.4. The molecule has 0 radical (unpaired) electrons. The van der Waals surface area contributed by atoms with E-state index in [1.165, 1.54) is 11.1 Å². The van der Waals surface area contributed by atoms with Gasteiger partial charge >= 0.3 is 0 Å². The Morgan fingerprint density at radius 3 is 3.19 bits per heavy atom. The topological polar surface area (TPSA) is 74.2 Å². The highest BCUT2D eigenvalue weighted by molar-refractivity contribution is 7.98. The molecule has 0 spiro atoms. The molecule has 6 heteroatoms. The number of amides is 1. The lowest BCUT2D eigenvalue weighted by atomic mass is 9.96. The fraction of sp³-hybridized carbons (Fsp3) is 0.600. The Balaban J connectivity index is 2.01. The average molecular weight is 309 g/mol. The number of aryl methyl sites for hydroxylation is 1. The molecule has 0 saturated carbocycles. The summed E-state index contributed by atoms with van der Waals surface area (Å²) in [4.78, 5) is 16.3. The minimum Gasteiger partial charge on any atom is -0.383 e. The fourth-order valence-corrected chi connectivity index (χ4v) is 2.99. The first-order valence-corrected chi connectivity index (χ1v) is 8.64. The van der Waals surface area contributed by atoms with Crippen LogP contribution in [-0.4, -0.2) is 40.7 Å². The Kier molecular flexibility index (Phi) is 6.02. The van der Waals surface area contributed by atoms with Gasteiger partial charge in [0.05, 0.1) is 0 Å². The van der Waals surface area contributed by atoms with Crippen molar-refractivity contribution in [1.29, 1.82) is 0 Å². The number of carbonyl (C=O) groups is 1. The second-order valence-corrected chi connectivity index (χ2v) is 6.25. The van der Waals surface area contributed by atoms with Crippen molar-refractivity contribution in [2.24, 2.45) is 0 Å². The molecule has 1 aliphatic heterocycles. The Morgan fingerprint density at radius 2 is 2.43 bits per heavy atom. The summed E-state index contributed by atoms with van der Waals surface area (Å²) in [7, 11) is 0. The highest BCUT2D eigenvalue weighted by atomic mass is 32.2. The number of hydrogen-bond acceptors (Lipinski definition) is 5. The van der Waals surface area contributed by atoms with Crippen LogP contribution in [0.1, 0.15) is 28.8 Å². The maximum atomic E-state index is 11.9. The van der Waals surface area contributed by atoms with Crippen LogP contribution in [0.15, 0.2) is 6.20 Å². The average Bonchev–Trinajstić information content (AvgIpc) is 2.51. The van der Waals surface area contributed by atoms with E-state index < -0.39 is 6.10 Å². The Morgan fingerprint density at radius 1 is 1.62 bits per heavy atom. The van der Waals surface area contributed by atoms with E-state index in [0.717, 1.165) is 36.5 Å². The number of carbonyl (C=O) groups excluding carboxylic acids is 1. The van der Waals surface area contributed by atoms with Crippen LogP contribution < -0.4 is 10.6 Å². The molecule has 0 aliphatic carbocycles. The summed E-state index contributed by atoms with van der Waals surface area (Å²) in [5, 5.41) is 15.9. The summed E-state index contributed by atoms with van der Waals surface area (Å²) < 4.78 is 0. The number of pyridine rings is 1. The number of rotatable bonds is 6. The van der Waals surface area contributed by atoms with Crippen LogP contribution in [0.25, 0.3) is 0 Å². The van der Waals surface area contributed by atoms with Crippen LogP contribution in [-0.2, 0) is 24.3 Å². The summed E-state index contributed by atoms with van der Waals surface area (Å²) >= 11 is 1.63. The second kappa shape index (κ2) is 7.77. The number of nitrogens with zero attached hydrogens (tertiary/aromatic N) is 1. The van der Waals surface area contributed by atoms with Crippen LogP contribution in [0.4, 0.5) is 0 Å². The molecule has 1 amide bonds. The molecular formula is C15H23N3O2S. The predicted molar refractivity (Wildman–Crippen MR) is 85.2 cm³/mol. The summed E-state index contributed by atoms with van der Waals surface area (Å²) in [5.74, 6) is 0.483. The Hall–Kier alpha value is -1.11. The SMILES string of the molecule is CSCC[C@H](O)C(=O)NCc1c(C)ncc2c1CCNC2. The zero-order chi connectivity index (χ0) is 15.2. The summed E-state index contributed by atoms with van der Waals surface area (Å²) in [6.07, 6.45) is 4.39. The van der Waals surface area contributed by atoms with E-state index in [4.69, 9.17) is 0 Å². The third kappa shape index (κ3) is 4.18. The minimum atomic E-state index is -0.924. The van der Waals surface area contributed by atoms with E-state index in [1.807, 2.05) is 19.4 Å². The molecule has 0 unspecified atom stereocenters. The molecule has 1 aliphatic rings. The van der Waals surface area contributed by atoms with Crippen LogP contribution in [0.2, 0.25) is 0 Å². The number of hydrogen-bond donors (Lipinski definition) is 3. The van der Waals surface area contributed by atoms with Crippen molar-refractivity contribution in [2.45, 2.75) is 39.0 Å². The molecule has 0 aromatic carbocycles. The maximum Gasteiger partial charge on any atom is 0.249 e. The zero-order valence-corrected chi connectivity index (χ0v) is 13.4. The van der Waals surface area contributed by atoms with E-state index in [9.17, 15) is 9.90 Å². The highest BCUT2D eigenvalue weighted by Crippen LogP contribution is 2.20. The van der Waals surface area contributed by atoms with E-state index in [-0.39, 0.29) is 5.91 Å². The third-order valence-electron chi connectivity index (χ3n) is 3.81. The van der Waals surface area contributed by atoms with Crippen molar-refractivity contribution in [3.63, 3.8) is 0 Å². The molecular weight excluding hydrogens is 286 g/mol. The standard InChI is InChI=1S/C15H23N3O2S/c1-10-13(9-18-15(20)14(19)4-6-21-2)12-3-5-16-7-11(12)8-17-10/h8,14,16,19H,3-7,9H2,1-2H3,(H,18,20)/t14-/m0/s1. The van der Waals surface area contributed by atoms with Gasteiger partial charge in [0.25, 0.3) is 0 Å². The molecule has 1 aromatic heterocycles. The number of aliphatic hydroxyl groups excluding tert-OH is 1. The molecule has 0 bridgehead atoms. The van der Waals surface area contributed by atoms with Gasteiger partial charge in [-0.15, -0.1) is 0 Å². The summed E-state index contributed by atoms with van der Waals surface area (Å²) in [5.41, 5.74) is 4.55. The number of aliphatic hydroxyl groups is 1. The van der Waals surface area contributed by atoms with Gasteiger partial charge in [0.2, 0.25) is 5.91 Å².